The number of benzene rings is 3. The van der Waals surface area contributed by atoms with Crippen LogP contribution in [0, 0.1) is 13.8 Å². The van der Waals surface area contributed by atoms with Gasteiger partial charge in [-0.1, -0.05) is 52.3 Å². The first-order chi connectivity index (χ1) is 19.3. The van der Waals surface area contributed by atoms with Gasteiger partial charge in [-0.15, -0.1) is 0 Å². The SMILES string of the molecule is Cc1ccc(N2C(=O)Nc3ccc(Br)cc3[C@]2(O)C(=O)NCCCN2CCN(Cc3ccccc3)CC2)cc1C. The van der Waals surface area contributed by atoms with Crippen molar-refractivity contribution in [2.75, 3.05) is 49.5 Å². The van der Waals surface area contributed by atoms with Gasteiger partial charge in [0.25, 0.3) is 11.6 Å². The van der Waals surface area contributed by atoms with E-state index in [2.05, 4.69) is 60.6 Å². The van der Waals surface area contributed by atoms with E-state index in [1.807, 2.05) is 32.0 Å². The Kier molecular flexibility index (Phi) is 8.56. The summed E-state index contributed by atoms with van der Waals surface area (Å²) < 4.78 is 0.695. The Morgan fingerprint density at radius 1 is 0.975 bits per heavy atom. The van der Waals surface area contributed by atoms with Crippen molar-refractivity contribution in [2.24, 2.45) is 0 Å². The van der Waals surface area contributed by atoms with Crippen molar-refractivity contribution in [3.05, 3.63) is 93.5 Å². The van der Waals surface area contributed by atoms with Gasteiger partial charge in [0, 0.05) is 55.0 Å². The number of carbonyl (C=O) groups is 2. The number of piperazine rings is 1. The highest BCUT2D eigenvalue weighted by atomic mass is 79.9. The molecule has 1 fully saturated rings. The van der Waals surface area contributed by atoms with Crippen LogP contribution in [0.4, 0.5) is 16.2 Å². The van der Waals surface area contributed by atoms with Gasteiger partial charge in [0.05, 0.1) is 5.69 Å². The van der Waals surface area contributed by atoms with Gasteiger partial charge < -0.3 is 20.6 Å². The van der Waals surface area contributed by atoms with Crippen molar-refractivity contribution in [3.8, 4) is 0 Å². The fourth-order valence-corrected chi connectivity index (χ4v) is 5.75. The van der Waals surface area contributed by atoms with Crippen LogP contribution in [-0.4, -0.2) is 66.1 Å². The van der Waals surface area contributed by atoms with Gasteiger partial charge in [0.1, 0.15) is 0 Å². The molecule has 2 aliphatic rings. The number of nitrogens with zero attached hydrogens (tertiary/aromatic N) is 3. The van der Waals surface area contributed by atoms with E-state index in [-0.39, 0.29) is 0 Å². The Morgan fingerprint density at radius 3 is 2.42 bits per heavy atom. The van der Waals surface area contributed by atoms with Gasteiger partial charge in [-0.05, 0) is 73.8 Å². The number of hydrogen-bond donors (Lipinski definition) is 3. The number of halogens is 1. The summed E-state index contributed by atoms with van der Waals surface area (Å²) in [6.07, 6.45) is 0.738. The third-order valence-corrected chi connectivity index (χ3v) is 8.33. The molecule has 9 heteroatoms. The van der Waals surface area contributed by atoms with E-state index in [1.165, 1.54) is 5.56 Å². The van der Waals surface area contributed by atoms with Crippen LogP contribution in [0.3, 0.4) is 0 Å². The van der Waals surface area contributed by atoms with Crippen molar-refractivity contribution in [1.29, 1.82) is 0 Å². The van der Waals surface area contributed by atoms with Gasteiger partial charge in [-0.25, -0.2) is 4.79 Å². The lowest BCUT2D eigenvalue weighted by Crippen LogP contribution is -2.62. The Morgan fingerprint density at radius 2 is 1.70 bits per heavy atom. The Bertz CT molecular complexity index is 1380. The van der Waals surface area contributed by atoms with Crippen molar-refractivity contribution in [3.63, 3.8) is 0 Å². The van der Waals surface area contributed by atoms with E-state index in [4.69, 9.17) is 0 Å². The van der Waals surface area contributed by atoms with Gasteiger partial charge >= 0.3 is 6.03 Å². The third-order valence-electron chi connectivity index (χ3n) is 7.84. The Labute approximate surface area is 244 Å². The fraction of sp³-hybridized carbons (Fsp3) is 0.355. The lowest BCUT2D eigenvalue weighted by Gasteiger charge is -2.43. The zero-order valence-electron chi connectivity index (χ0n) is 23.0. The maximum atomic E-state index is 13.7. The predicted octanol–water partition coefficient (Wildman–Crippen LogP) is 4.59. The van der Waals surface area contributed by atoms with Crippen molar-refractivity contribution in [2.45, 2.75) is 32.5 Å². The molecule has 2 heterocycles. The van der Waals surface area contributed by atoms with Crippen molar-refractivity contribution >= 4 is 39.2 Å². The molecule has 1 saturated heterocycles. The predicted molar refractivity (Wildman–Crippen MR) is 161 cm³/mol. The zero-order chi connectivity index (χ0) is 28.3. The Balaban J connectivity index is 1.23. The minimum absolute atomic E-state index is 0.312. The van der Waals surface area contributed by atoms with Crippen molar-refractivity contribution < 1.29 is 14.7 Å². The summed E-state index contributed by atoms with van der Waals surface area (Å²) in [5.74, 6) is -0.632. The normalized spacial score (nSPS) is 19.7. The first kappa shape index (κ1) is 28.3. The summed E-state index contributed by atoms with van der Waals surface area (Å²) in [6.45, 7) is 10.1. The van der Waals surface area contributed by atoms with E-state index in [9.17, 15) is 14.7 Å². The lowest BCUT2D eigenvalue weighted by atomic mass is 9.94. The number of amides is 3. The van der Waals surface area contributed by atoms with Crippen LogP contribution >= 0.6 is 15.9 Å². The van der Waals surface area contributed by atoms with Crippen LogP contribution in [0.5, 0.6) is 0 Å². The molecule has 8 nitrogen and oxygen atoms in total. The van der Waals surface area contributed by atoms with E-state index in [0.29, 0.717) is 28.0 Å². The second-order valence-electron chi connectivity index (χ2n) is 10.6. The number of hydrogen-bond acceptors (Lipinski definition) is 5. The van der Waals surface area contributed by atoms with Gasteiger partial charge in [-0.2, -0.15) is 0 Å². The number of fused-ring (bicyclic) bond motifs is 1. The van der Waals surface area contributed by atoms with E-state index in [1.54, 1.807) is 24.3 Å². The highest BCUT2D eigenvalue weighted by molar-refractivity contribution is 9.10. The molecule has 0 aromatic heterocycles. The number of carbonyl (C=O) groups excluding carboxylic acids is 2. The molecule has 40 heavy (non-hydrogen) atoms. The van der Waals surface area contributed by atoms with Crippen LogP contribution < -0.4 is 15.5 Å². The number of aliphatic hydroxyl groups is 1. The van der Waals surface area contributed by atoms with Crippen LogP contribution in [0.1, 0.15) is 28.7 Å². The summed E-state index contributed by atoms with van der Waals surface area (Å²) in [7, 11) is 0. The molecular formula is C31H36BrN5O3. The number of urea groups is 1. The molecule has 0 aliphatic carbocycles. The summed E-state index contributed by atoms with van der Waals surface area (Å²) in [6, 6.07) is 20.5. The molecule has 5 rings (SSSR count). The smallest absolute Gasteiger partial charge is 0.329 e. The average Bonchev–Trinajstić information content (AvgIpc) is 2.95. The third kappa shape index (κ3) is 5.93. The molecule has 1 atom stereocenters. The maximum Gasteiger partial charge on any atom is 0.329 e. The second kappa shape index (κ2) is 12.1. The van der Waals surface area contributed by atoms with Gasteiger partial charge in [0.2, 0.25) is 0 Å². The molecule has 210 valence electrons. The lowest BCUT2D eigenvalue weighted by molar-refractivity contribution is -0.140. The van der Waals surface area contributed by atoms with E-state index >= 15 is 0 Å². The molecule has 3 N–H and O–H groups in total. The number of anilines is 2. The highest BCUT2D eigenvalue weighted by Crippen LogP contribution is 2.41. The first-order valence-corrected chi connectivity index (χ1v) is 14.5. The van der Waals surface area contributed by atoms with Crippen LogP contribution in [0.25, 0.3) is 0 Å². The highest BCUT2D eigenvalue weighted by Gasteiger charge is 2.52. The molecule has 2 aliphatic heterocycles. The molecule has 0 unspecified atom stereocenters. The van der Waals surface area contributed by atoms with Crippen LogP contribution in [-0.2, 0) is 17.1 Å². The average molecular weight is 607 g/mol. The molecule has 0 bridgehead atoms. The van der Waals surface area contributed by atoms with Gasteiger partial charge in [0.15, 0.2) is 0 Å². The summed E-state index contributed by atoms with van der Waals surface area (Å²) in [5.41, 5.74) is 2.28. The van der Waals surface area contributed by atoms with Crippen LogP contribution in [0.2, 0.25) is 0 Å². The molecule has 0 radical (unpaired) electrons. The molecule has 0 spiro atoms. The summed E-state index contributed by atoms with van der Waals surface area (Å²) in [5, 5.41) is 17.8. The summed E-state index contributed by atoms with van der Waals surface area (Å²) in [4.78, 5) is 33.0. The number of rotatable bonds is 8. The zero-order valence-corrected chi connectivity index (χ0v) is 24.6. The maximum absolute atomic E-state index is 13.7. The quantitative estimate of drug-likeness (QED) is 0.327. The first-order valence-electron chi connectivity index (χ1n) is 13.7. The standard InChI is InChI=1S/C31H36BrN5O3/c1-22-9-11-26(19-23(22)2)37-30(39)34-28-12-10-25(32)20-27(28)31(37,40)29(38)33-13-6-14-35-15-17-36(18-16-35)21-24-7-4-3-5-8-24/h3-5,7-12,19-20,40H,6,13-18,21H2,1-2H3,(H,33,38)(H,34,39)/t31-/m0/s1. The molecule has 3 amide bonds. The fourth-order valence-electron chi connectivity index (χ4n) is 5.39. The summed E-state index contributed by atoms with van der Waals surface area (Å²) >= 11 is 3.45. The monoisotopic (exact) mass is 605 g/mol. The molecular weight excluding hydrogens is 570 g/mol. The minimum Gasteiger partial charge on any atom is -0.359 e. The second-order valence-corrected chi connectivity index (χ2v) is 11.5. The van der Waals surface area contributed by atoms with E-state index in [0.717, 1.165) is 61.7 Å². The van der Waals surface area contributed by atoms with Crippen molar-refractivity contribution in [1.82, 2.24) is 15.1 Å². The number of nitrogens with one attached hydrogen (secondary N) is 2. The number of aryl methyl sites for hydroxylation is 2. The van der Waals surface area contributed by atoms with Crippen LogP contribution in [0.15, 0.2) is 71.2 Å². The van der Waals surface area contributed by atoms with E-state index < -0.39 is 17.7 Å². The molecule has 3 aromatic carbocycles. The van der Waals surface area contributed by atoms with Gasteiger partial charge in [-0.3, -0.25) is 14.6 Å². The topological polar surface area (TPSA) is 88.2 Å². The minimum atomic E-state index is -2.22. The largest absolute Gasteiger partial charge is 0.359 e. The molecule has 0 saturated carbocycles. The molecule has 3 aromatic rings. The Hall–Kier alpha value is -3.24.